The van der Waals surface area contributed by atoms with Crippen molar-refractivity contribution in [3.05, 3.63) is 24.3 Å². The van der Waals surface area contributed by atoms with Crippen LogP contribution in [0.25, 0.3) is 0 Å². The van der Waals surface area contributed by atoms with Crippen LogP contribution in [0.2, 0.25) is 0 Å². The Morgan fingerprint density at radius 1 is 0.808 bits per heavy atom. The predicted molar refractivity (Wildman–Crippen MR) is 103 cm³/mol. The van der Waals surface area contributed by atoms with Gasteiger partial charge in [0, 0.05) is 11.6 Å². The third-order valence-corrected chi connectivity index (χ3v) is 6.08. The summed E-state index contributed by atoms with van der Waals surface area (Å²) in [5, 5.41) is 3.00. The smallest absolute Gasteiger partial charge is 0.314 e. The van der Waals surface area contributed by atoms with Crippen LogP contribution >= 0.6 is 0 Å². The molecule has 0 aliphatic heterocycles. The lowest BCUT2D eigenvalue weighted by molar-refractivity contribution is -0.140. The minimum absolute atomic E-state index is 0.0271. The minimum Gasteiger partial charge on any atom is -0.426 e. The van der Waals surface area contributed by atoms with Gasteiger partial charge >= 0.3 is 5.97 Å². The Labute approximate surface area is 156 Å². The molecule has 0 radical (unpaired) electrons. The Hall–Kier alpha value is -1.84. The number of carbonyl (C=O) groups is 2. The van der Waals surface area contributed by atoms with Crippen LogP contribution in [0.1, 0.15) is 65.2 Å². The van der Waals surface area contributed by atoms with Gasteiger partial charge in [0.1, 0.15) is 5.75 Å². The fraction of sp³-hybridized carbons (Fsp3) is 0.636. The van der Waals surface area contributed by atoms with E-state index < -0.39 is 0 Å². The SMILES string of the molecule is CC1CCC(C(=O)Nc2ccc(OC(=O)C3CCC(C)CC3)cc2)CC1. The highest BCUT2D eigenvalue weighted by molar-refractivity contribution is 5.92. The molecule has 4 heteroatoms. The summed E-state index contributed by atoms with van der Waals surface area (Å²) < 4.78 is 5.53. The minimum atomic E-state index is -0.120. The highest BCUT2D eigenvalue weighted by atomic mass is 16.5. The maximum atomic E-state index is 12.4. The van der Waals surface area contributed by atoms with E-state index in [1.807, 2.05) is 12.1 Å². The fourth-order valence-corrected chi connectivity index (χ4v) is 4.07. The topological polar surface area (TPSA) is 55.4 Å². The zero-order valence-electron chi connectivity index (χ0n) is 16.0. The molecule has 2 saturated carbocycles. The second kappa shape index (κ2) is 8.70. The first-order chi connectivity index (χ1) is 12.5. The summed E-state index contributed by atoms with van der Waals surface area (Å²) in [6.07, 6.45) is 8.27. The van der Waals surface area contributed by atoms with E-state index in [4.69, 9.17) is 4.74 Å². The van der Waals surface area contributed by atoms with Crippen molar-refractivity contribution in [2.24, 2.45) is 23.7 Å². The third-order valence-electron chi connectivity index (χ3n) is 6.08. The van der Waals surface area contributed by atoms with Crippen LogP contribution in [0.15, 0.2) is 24.3 Å². The van der Waals surface area contributed by atoms with E-state index in [0.717, 1.165) is 63.0 Å². The Kier molecular flexibility index (Phi) is 6.33. The number of nitrogens with one attached hydrogen (secondary N) is 1. The van der Waals surface area contributed by atoms with Crippen molar-refractivity contribution in [1.29, 1.82) is 0 Å². The molecular weight excluding hydrogens is 326 g/mol. The summed E-state index contributed by atoms with van der Waals surface area (Å²) in [7, 11) is 0. The van der Waals surface area contributed by atoms with E-state index in [2.05, 4.69) is 19.2 Å². The van der Waals surface area contributed by atoms with Gasteiger partial charge in [0.15, 0.2) is 0 Å². The zero-order valence-corrected chi connectivity index (χ0v) is 16.0. The molecule has 1 amide bonds. The number of rotatable bonds is 4. The van der Waals surface area contributed by atoms with Crippen LogP contribution in [-0.2, 0) is 9.59 Å². The molecule has 0 unspecified atom stereocenters. The summed E-state index contributed by atoms with van der Waals surface area (Å²) >= 11 is 0. The van der Waals surface area contributed by atoms with Crippen molar-refractivity contribution in [3.63, 3.8) is 0 Å². The molecule has 1 aromatic carbocycles. The molecule has 0 saturated heterocycles. The van der Waals surface area contributed by atoms with Crippen LogP contribution in [0, 0.1) is 23.7 Å². The highest BCUT2D eigenvalue weighted by Gasteiger charge is 2.26. The number of benzene rings is 1. The lowest BCUT2D eigenvalue weighted by Gasteiger charge is -2.25. The van der Waals surface area contributed by atoms with E-state index in [1.54, 1.807) is 12.1 Å². The highest BCUT2D eigenvalue weighted by Crippen LogP contribution is 2.31. The third kappa shape index (κ3) is 5.09. The van der Waals surface area contributed by atoms with Crippen molar-refractivity contribution in [2.75, 3.05) is 5.32 Å². The molecule has 0 spiro atoms. The van der Waals surface area contributed by atoms with Gasteiger partial charge in [0.2, 0.25) is 5.91 Å². The Bertz CT molecular complexity index is 554. The molecule has 0 atom stereocenters. The second-order valence-electron chi connectivity index (χ2n) is 8.35. The number of amides is 1. The maximum Gasteiger partial charge on any atom is 0.314 e. The fourth-order valence-electron chi connectivity index (χ4n) is 4.07. The Morgan fingerprint density at radius 3 is 1.85 bits per heavy atom. The summed E-state index contributed by atoms with van der Waals surface area (Å²) in [5.74, 6) is 2.15. The van der Waals surface area contributed by atoms with Crippen molar-refractivity contribution in [3.8, 4) is 5.75 Å². The molecule has 1 aromatic rings. The first-order valence-electron chi connectivity index (χ1n) is 10.1. The van der Waals surface area contributed by atoms with Crippen molar-refractivity contribution in [2.45, 2.75) is 65.2 Å². The molecule has 3 rings (SSSR count). The lowest BCUT2D eigenvalue weighted by Crippen LogP contribution is -2.26. The molecule has 2 fully saturated rings. The largest absolute Gasteiger partial charge is 0.426 e. The van der Waals surface area contributed by atoms with Crippen LogP contribution in [0.3, 0.4) is 0 Å². The predicted octanol–water partition coefficient (Wildman–Crippen LogP) is 5.18. The normalized spacial score (nSPS) is 29.0. The van der Waals surface area contributed by atoms with Crippen molar-refractivity contribution in [1.82, 2.24) is 0 Å². The van der Waals surface area contributed by atoms with Gasteiger partial charge in [-0.15, -0.1) is 0 Å². The number of hydrogen-bond donors (Lipinski definition) is 1. The Balaban J connectivity index is 1.48. The zero-order chi connectivity index (χ0) is 18.5. The lowest BCUT2D eigenvalue weighted by atomic mass is 9.82. The molecule has 4 nitrogen and oxygen atoms in total. The van der Waals surface area contributed by atoms with Gasteiger partial charge in [-0.3, -0.25) is 9.59 Å². The van der Waals surface area contributed by atoms with Gasteiger partial charge in [0.05, 0.1) is 5.92 Å². The standard InChI is InChI=1S/C22H31NO3/c1-15-3-7-17(8-4-15)21(24)23-19-11-13-20(14-12-19)26-22(25)18-9-5-16(2)6-10-18/h11-18H,3-10H2,1-2H3,(H,23,24). The molecule has 0 aromatic heterocycles. The average Bonchev–Trinajstić information content (AvgIpc) is 2.64. The van der Waals surface area contributed by atoms with E-state index in [0.29, 0.717) is 11.7 Å². The molecule has 0 heterocycles. The summed E-state index contributed by atoms with van der Waals surface area (Å²) in [5.41, 5.74) is 0.764. The monoisotopic (exact) mass is 357 g/mol. The van der Waals surface area contributed by atoms with Crippen LogP contribution in [0.4, 0.5) is 5.69 Å². The molecule has 2 aliphatic carbocycles. The second-order valence-corrected chi connectivity index (χ2v) is 8.35. The summed E-state index contributed by atoms with van der Waals surface area (Å²) in [6.45, 7) is 4.49. The van der Waals surface area contributed by atoms with E-state index in [9.17, 15) is 9.59 Å². The number of esters is 1. The van der Waals surface area contributed by atoms with Crippen molar-refractivity contribution < 1.29 is 14.3 Å². The van der Waals surface area contributed by atoms with Crippen LogP contribution in [0.5, 0.6) is 5.75 Å². The van der Waals surface area contributed by atoms with Gasteiger partial charge in [-0.1, -0.05) is 13.8 Å². The molecule has 142 valence electrons. The molecule has 0 bridgehead atoms. The summed E-state index contributed by atoms with van der Waals surface area (Å²) in [4.78, 5) is 24.7. The number of carbonyl (C=O) groups excluding carboxylic acids is 2. The van der Waals surface area contributed by atoms with Gasteiger partial charge in [-0.05, 0) is 87.5 Å². The van der Waals surface area contributed by atoms with E-state index in [-0.39, 0.29) is 23.7 Å². The number of hydrogen-bond acceptors (Lipinski definition) is 3. The number of ether oxygens (including phenoxy) is 1. The molecular formula is C22H31NO3. The van der Waals surface area contributed by atoms with Crippen LogP contribution in [-0.4, -0.2) is 11.9 Å². The molecule has 1 N–H and O–H groups in total. The van der Waals surface area contributed by atoms with E-state index >= 15 is 0 Å². The van der Waals surface area contributed by atoms with Crippen molar-refractivity contribution >= 4 is 17.6 Å². The van der Waals surface area contributed by atoms with Gasteiger partial charge in [-0.25, -0.2) is 0 Å². The molecule has 26 heavy (non-hydrogen) atoms. The average molecular weight is 357 g/mol. The summed E-state index contributed by atoms with van der Waals surface area (Å²) in [6, 6.07) is 7.16. The van der Waals surface area contributed by atoms with Crippen LogP contribution < -0.4 is 10.1 Å². The number of anilines is 1. The first-order valence-corrected chi connectivity index (χ1v) is 10.1. The van der Waals surface area contributed by atoms with E-state index in [1.165, 1.54) is 0 Å². The molecule has 2 aliphatic rings. The van der Waals surface area contributed by atoms with Gasteiger partial charge in [-0.2, -0.15) is 0 Å². The Morgan fingerprint density at radius 2 is 1.31 bits per heavy atom. The van der Waals surface area contributed by atoms with Gasteiger partial charge in [0.25, 0.3) is 0 Å². The first kappa shape index (κ1) is 18.9. The van der Waals surface area contributed by atoms with Gasteiger partial charge < -0.3 is 10.1 Å². The quantitative estimate of drug-likeness (QED) is 0.596. The maximum absolute atomic E-state index is 12.4.